The van der Waals surface area contributed by atoms with Crippen LogP contribution in [-0.2, 0) is 21.2 Å². The molecule has 2 atom stereocenters. The average Bonchev–Trinajstić information content (AvgIpc) is 3.54. The lowest BCUT2D eigenvalue weighted by atomic mass is 9.90. The van der Waals surface area contributed by atoms with Crippen molar-refractivity contribution in [2.24, 2.45) is 0 Å². The first-order chi connectivity index (χ1) is 20.5. The molecule has 8 nitrogen and oxygen atoms in total. The molecule has 3 aliphatic rings. The van der Waals surface area contributed by atoms with Crippen LogP contribution in [0.5, 0.6) is 17.2 Å². The molecule has 228 valence electrons. The Hall–Kier alpha value is -3.63. The number of hydrogen-bond donors (Lipinski definition) is 1. The van der Waals surface area contributed by atoms with Gasteiger partial charge in [0.25, 0.3) is 0 Å². The molecule has 0 radical (unpaired) electrons. The minimum absolute atomic E-state index is 0.00777. The Morgan fingerprint density at radius 3 is 2.42 bits per heavy atom. The molecule has 1 aliphatic carbocycles. The molecule has 2 unspecified atom stereocenters. The molecule has 0 bridgehead atoms. The minimum Gasteiger partial charge on any atom is -0.492 e. The standard InChI is InChI=1S/C33H36FNO7S/c1-19-14-24(41-22-10-12-35(13-11-22)43(3,38)39)15-20(2)32(19)26-6-8-28(34)33-27(26)7-9-29(33)42-23-4-5-25-21(16-31(36)37)18-40-30(25)17-23/h4-6,8,14-15,17,21-22,29H,7,9-13,16,18H2,1-3H3,(H,36,37). The highest BCUT2D eigenvalue weighted by Crippen LogP contribution is 2.45. The molecule has 6 rings (SSSR count). The van der Waals surface area contributed by atoms with E-state index in [0.29, 0.717) is 62.4 Å². The third kappa shape index (κ3) is 5.95. The predicted molar refractivity (Wildman–Crippen MR) is 160 cm³/mol. The van der Waals surface area contributed by atoms with E-state index in [-0.39, 0.29) is 24.3 Å². The highest BCUT2D eigenvalue weighted by molar-refractivity contribution is 7.88. The number of carboxylic acid groups (broad SMARTS) is 1. The molecule has 3 aromatic rings. The largest absolute Gasteiger partial charge is 0.492 e. The summed E-state index contributed by atoms with van der Waals surface area (Å²) >= 11 is 0. The second kappa shape index (κ2) is 11.5. The maximum Gasteiger partial charge on any atom is 0.304 e. The third-order valence-corrected chi connectivity index (χ3v) is 10.1. The van der Waals surface area contributed by atoms with E-state index in [0.717, 1.165) is 39.1 Å². The number of fused-ring (bicyclic) bond motifs is 2. The Bertz CT molecular complexity index is 1660. The van der Waals surface area contributed by atoms with E-state index >= 15 is 4.39 Å². The van der Waals surface area contributed by atoms with Crippen LogP contribution in [0.1, 0.15) is 65.5 Å². The Morgan fingerprint density at radius 2 is 1.74 bits per heavy atom. The summed E-state index contributed by atoms with van der Waals surface area (Å²) in [5, 5.41) is 9.17. The number of nitrogens with zero attached hydrogens (tertiary/aromatic N) is 1. The van der Waals surface area contributed by atoms with Crippen LogP contribution < -0.4 is 14.2 Å². The van der Waals surface area contributed by atoms with Gasteiger partial charge in [0.2, 0.25) is 10.0 Å². The van der Waals surface area contributed by atoms with Crippen molar-refractivity contribution in [2.75, 3.05) is 26.0 Å². The highest BCUT2D eigenvalue weighted by Gasteiger charge is 2.33. The summed E-state index contributed by atoms with van der Waals surface area (Å²) in [5.41, 5.74) is 6.44. The number of ether oxygens (including phenoxy) is 3. The van der Waals surface area contributed by atoms with Gasteiger partial charge in [-0.1, -0.05) is 12.1 Å². The minimum atomic E-state index is -3.19. The zero-order valence-corrected chi connectivity index (χ0v) is 25.4. The van der Waals surface area contributed by atoms with Gasteiger partial charge in [-0.25, -0.2) is 17.1 Å². The monoisotopic (exact) mass is 609 g/mol. The summed E-state index contributed by atoms with van der Waals surface area (Å²) in [4.78, 5) is 11.2. The fourth-order valence-electron chi connectivity index (χ4n) is 6.79. The van der Waals surface area contributed by atoms with Crippen LogP contribution in [0.4, 0.5) is 4.39 Å². The Balaban J connectivity index is 1.21. The Morgan fingerprint density at radius 1 is 1.02 bits per heavy atom. The smallest absolute Gasteiger partial charge is 0.304 e. The zero-order chi connectivity index (χ0) is 30.5. The summed E-state index contributed by atoms with van der Waals surface area (Å²) < 4.78 is 58.8. The van der Waals surface area contributed by atoms with Crippen LogP contribution in [-0.4, -0.2) is 55.9 Å². The number of sulfonamides is 1. The van der Waals surface area contributed by atoms with Gasteiger partial charge in [0.05, 0.1) is 19.3 Å². The van der Waals surface area contributed by atoms with Crippen molar-refractivity contribution < 1.29 is 36.9 Å². The number of hydrogen-bond acceptors (Lipinski definition) is 6. The molecule has 0 aromatic heterocycles. The number of piperidine rings is 1. The van der Waals surface area contributed by atoms with Gasteiger partial charge < -0.3 is 19.3 Å². The topological polar surface area (TPSA) is 102 Å². The first-order valence-electron chi connectivity index (χ1n) is 14.7. The first kappa shape index (κ1) is 29.4. The van der Waals surface area contributed by atoms with E-state index in [2.05, 4.69) is 0 Å². The van der Waals surface area contributed by atoms with E-state index in [1.165, 1.54) is 16.6 Å². The number of aryl methyl sites for hydroxylation is 2. The third-order valence-electron chi connectivity index (χ3n) is 8.79. The van der Waals surface area contributed by atoms with Crippen molar-refractivity contribution in [3.8, 4) is 28.4 Å². The molecule has 1 fully saturated rings. The molecule has 0 spiro atoms. The lowest BCUT2D eigenvalue weighted by Gasteiger charge is -2.30. The van der Waals surface area contributed by atoms with Crippen molar-refractivity contribution in [1.82, 2.24) is 4.31 Å². The number of carbonyl (C=O) groups is 1. The van der Waals surface area contributed by atoms with Gasteiger partial charge in [-0.3, -0.25) is 4.79 Å². The first-order valence-corrected chi connectivity index (χ1v) is 16.5. The van der Waals surface area contributed by atoms with E-state index < -0.39 is 22.1 Å². The molecular weight excluding hydrogens is 573 g/mol. The van der Waals surface area contributed by atoms with Crippen LogP contribution in [0, 0.1) is 19.7 Å². The molecule has 10 heteroatoms. The molecule has 2 heterocycles. The van der Waals surface area contributed by atoms with Crippen molar-refractivity contribution in [3.63, 3.8) is 0 Å². The molecule has 2 aliphatic heterocycles. The second-order valence-electron chi connectivity index (χ2n) is 11.8. The van der Waals surface area contributed by atoms with Gasteiger partial charge in [0.15, 0.2) is 0 Å². The van der Waals surface area contributed by atoms with Gasteiger partial charge in [-0.15, -0.1) is 0 Å². The van der Waals surface area contributed by atoms with Gasteiger partial charge in [-0.2, -0.15) is 0 Å². The lowest BCUT2D eigenvalue weighted by Crippen LogP contribution is -2.41. The molecule has 1 saturated heterocycles. The quantitative estimate of drug-likeness (QED) is 0.338. The maximum absolute atomic E-state index is 15.3. The van der Waals surface area contributed by atoms with Crippen LogP contribution in [0.25, 0.3) is 11.1 Å². The van der Waals surface area contributed by atoms with Crippen LogP contribution in [0.2, 0.25) is 0 Å². The fourth-order valence-corrected chi connectivity index (χ4v) is 7.66. The molecule has 3 aromatic carbocycles. The summed E-state index contributed by atoms with van der Waals surface area (Å²) in [7, 11) is -3.19. The van der Waals surface area contributed by atoms with Crippen molar-refractivity contribution in [1.29, 1.82) is 0 Å². The summed E-state index contributed by atoms with van der Waals surface area (Å²) in [5.74, 6) is 0.580. The fraction of sp³-hybridized carbons (Fsp3) is 0.424. The Kier molecular flexibility index (Phi) is 7.85. The summed E-state index contributed by atoms with van der Waals surface area (Å²) in [6.45, 7) is 5.29. The predicted octanol–water partition coefficient (Wildman–Crippen LogP) is 5.93. The average molecular weight is 610 g/mol. The van der Waals surface area contributed by atoms with E-state index in [4.69, 9.17) is 14.2 Å². The van der Waals surface area contributed by atoms with Crippen molar-refractivity contribution in [3.05, 3.63) is 76.1 Å². The van der Waals surface area contributed by atoms with E-state index in [1.54, 1.807) is 12.1 Å². The number of aliphatic carboxylic acids is 1. The number of carboxylic acids is 1. The number of halogens is 1. The van der Waals surface area contributed by atoms with E-state index in [9.17, 15) is 18.3 Å². The van der Waals surface area contributed by atoms with E-state index in [1.807, 2.05) is 38.1 Å². The van der Waals surface area contributed by atoms with Crippen molar-refractivity contribution in [2.45, 2.75) is 64.1 Å². The summed E-state index contributed by atoms with van der Waals surface area (Å²) in [6.07, 6.45) is 3.32. The molecular formula is C33H36FNO7S. The van der Waals surface area contributed by atoms with Crippen molar-refractivity contribution >= 4 is 16.0 Å². The highest BCUT2D eigenvalue weighted by atomic mass is 32.2. The zero-order valence-electron chi connectivity index (χ0n) is 24.6. The van der Waals surface area contributed by atoms with Crippen LogP contribution in [0.3, 0.4) is 0 Å². The molecule has 43 heavy (non-hydrogen) atoms. The molecule has 1 N–H and O–H groups in total. The SMILES string of the molecule is Cc1cc(OC2CCN(S(C)(=O)=O)CC2)cc(C)c1-c1ccc(F)c2c1CCC2Oc1ccc2c(c1)OCC2CC(=O)O. The van der Waals surface area contributed by atoms with Gasteiger partial charge in [0, 0.05) is 36.2 Å². The molecule has 0 saturated carbocycles. The van der Waals surface area contributed by atoms with Gasteiger partial charge >= 0.3 is 5.97 Å². The van der Waals surface area contributed by atoms with Crippen LogP contribution in [0.15, 0.2) is 42.5 Å². The number of rotatable bonds is 8. The van der Waals surface area contributed by atoms with Gasteiger partial charge in [-0.05, 0) is 91.6 Å². The maximum atomic E-state index is 15.3. The normalized spacial score (nSPS) is 20.4. The molecule has 0 amide bonds. The van der Waals surface area contributed by atoms with Crippen LogP contribution >= 0.6 is 0 Å². The lowest BCUT2D eigenvalue weighted by molar-refractivity contribution is -0.137. The number of benzene rings is 3. The van der Waals surface area contributed by atoms with Gasteiger partial charge in [0.1, 0.15) is 35.3 Å². The summed E-state index contributed by atoms with van der Waals surface area (Å²) in [6, 6.07) is 12.8. The second-order valence-corrected chi connectivity index (χ2v) is 13.8. The Labute approximate surface area is 251 Å².